The van der Waals surface area contributed by atoms with E-state index in [2.05, 4.69) is 24.0 Å². The van der Waals surface area contributed by atoms with Crippen LogP contribution in [-0.2, 0) is 0 Å². The standard InChI is InChI=1S/C16H27NO3/c1-13(14-5-7-15(20-4)8-6-14)9-17(3)10-16(2,11-18)12-19/h5-8,13,18-19H,9-12H2,1-4H3. The van der Waals surface area contributed by atoms with Gasteiger partial charge in [0.2, 0.25) is 0 Å². The van der Waals surface area contributed by atoms with Gasteiger partial charge >= 0.3 is 0 Å². The predicted molar refractivity (Wildman–Crippen MR) is 81.2 cm³/mol. The molecule has 114 valence electrons. The number of nitrogens with zero attached hydrogens (tertiary/aromatic N) is 1. The minimum atomic E-state index is -0.450. The van der Waals surface area contributed by atoms with Gasteiger partial charge < -0.3 is 19.8 Å². The van der Waals surface area contributed by atoms with Gasteiger partial charge in [0.1, 0.15) is 5.75 Å². The summed E-state index contributed by atoms with van der Waals surface area (Å²) in [5, 5.41) is 18.7. The van der Waals surface area contributed by atoms with Crippen LogP contribution in [0.15, 0.2) is 24.3 Å². The minimum absolute atomic E-state index is 0.00917. The molecule has 0 fully saturated rings. The van der Waals surface area contributed by atoms with Crippen molar-refractivity contribution in [2.24, 2.45) is 5.41 Å². The van der Waals surface area contributed by atoms with E-state index < -0.39 is 5.41 Å². The van der Waals surface area contributed by atoms with Crippen LogP contribution in [0.4, 0.5) is 0 Å². The highest BCUT2D eigenvalue weighted by Crippen LogP contribution is 2.22. The third kappa shape index (κ3) is 4.78. The molecule has 2 N–H and O–H groups in total. The fourth-order valence-electron chi connectivity index (χ4n) is 2.37. The maximum Gasteiger partial charge on any atom is 0.118 e. The van der Waals surface area contributed by atoms with Crippen LogP contribution in [-0.4, -0.2) is 55.6 Å². The van der Waals surface area contributed by atoms with Gasteiger partial charge in [-0.15, -0.1) is 0 Å². The molecule has 0 spiro atoms. The van der Waals surface area contributed by atoms with E-state index >= 15 is 0 Å². The molecule has 0 heterocycles. The number of hydrogen-bond donors (Lipinski definition) is 2. The van der Waals surface area contributed by atoms with E-state index in [1.54, 1.807) is 7.11 Å². The molecule has 1 aromatic carbocycles. The summed E-state index contributed by atoms with van der Waals surface area (Å²) in [5.41, 5.74) is 0.807. The van der Waals surface area contributed by atoms with Crippen molar-refractivity contribution in [2.45, 2.75) is 19.8 Å². The van der Waals surface area contributed by atoms with Gasteiger partial charge in [0, 0.05) is 18.5 Å². The maximum absolute atomic E-state index is 9.34. The molecule has 0 aliphatic rings. The van der Waals surface area contributed by atoms with Crippen LogP contribution in [0.1, 0.15) is 25.3 Å². The topological polar surface area (TPSA) is 52.9 Å². The second-order valence-corrected chi connectivity index (χ2v) is 6.00. The van der Waals surface area contributed by atoms with E-state index in [0.717, 1.165) is 12.3 Å². The second-order valence-electron chi connectivity index (χ2n) is 6.00. The number of ether oxygens (including phenoxy) is 1. The molecule has 0 saturated heterocycles. The molecule has 0 radical (unpaired) electrons. The lowest BCUT2D eigenvalue weighted by Crippen LogP contribution is -2.40. The Morgan fingerprint density at radius 2 is 1.75 bits per heavy atom. The van der Waals surface area contributed by atoms with Crippen molar-refractivity contribution in [1.82, 2.24) is 4.90 Å². The Hall–Kier alpha value is -1.10. The molecular formula is C16H27NO3. The van der Waals surface area contributed by atoms with Gasteiger partial charge in [-0.2, -0.15) is 0 Å². The summed E-state index contributed by atoms with van der Waals surface area (Å²) in [6, 6.07) is 8.10. The maximum atomic E-state index is 9.34. The molecule has 1 atom stereocenters. The van der Waals surface area contributed by atoms with Gasteiger partial charge in [0.25, 0.3) is 0 Å². The molecule has 4 heteroatoms. The van der Waals surface area contributed by atoms with Crippen LogP contribution >= 0.6 is 0 Å². The molecule has 0 aliphatic carbocycles. The van der Waals surface area contributed by atoms with Crippen molar-refractivity contribution < 1.29 is 14.9 Å². The van der Waals surface area contributed by atoms with Crippen molar-refractivity contribution in [1.29, 1.82) is 0 Å². The highest BCUT2D eigenvalue weighted by molar-refractivity contribution is 5.29. The Morgan fingerprint density at radius 1 is 1.20 bits per heavy atom. The summed E-state index contributed by atoms with van der Waals surface area (Å²) in [5.74, 6) is 1.25. The number of aliphatic hydroxyl groups is 2. The number of likely N-dealkylation sites (N-methyl/N-ethyl adjacent to an activating group) is 1. The summed E-state index contributed by atoms with van der Waals surface area (Å²) in [6.07, 6.45) is 0. The summed E-state index contributed by atoms with van der Waals surface area (Å²) in [7, 11) is 3.68. The van der Waals surface area contributed by atoms with Crippen molar-refractivity contribution in [2.75, 3.05) is 40.5 Å². The third-order valence-corrected chi connectivity index (χ3v) is 3.69. The highest BCUT2D eigenvalue weighted by Gasteiger charge is 2.25. The molecule has 0 aromatic heterocycles. The Kier molecular flexibility index (Phi) is 6.46. The second kappa shape index (κ2) is 7.62. The normalized spacial score (nSPS) is 13.6. The van der Waals surface area contributed by atoms with E-state index in [4.69, 9.17) is 4.74 Å². The first-order chi connectivity index (χ1) is 9.44. The number of benzene rings is 1. The van der Waals surface area contributed by atoms with Crippen LogP contribution < -0.4 is 4.74 Å². The lowest BCUT2D eigenvalue weighted by molar-refractivity contribution is 0.0409. The fraction of sp³-hybridized carbons (Fsp3) is 0.625. The van der Waals surface area contributed by atoms with Gasteiger partial charge in [-0.3, -0.25) is 0 Å². The molecule has 0 amide bonds. The predicted octanol–water partition coefficient (Wildman–Crippen LogP) is 1.72. The van der Waals surface area contributed by atoms with E-state index in [0.29, 0.717) is 12.5 Å². The van der Waals surface area contributed by atoms with Gasteiger partial charge in [-0.25, -0.2) is 0 Å². The van der Waals surface area contributed by atoms with E-state index in [1.807, 2.05) is 26.1 Å². The first kappa shape index (κ1) is 17.0. The van der Waals surface area contributed by atoms with Crippen molar-refractivity contribution in [3.05, 3.63) is 29.8 Å². The monoisotopic (exact) mass is 281 g/mol. The van der Waals surface area contributed by atoms with E-state index in [1.165, 1.54) is 5.56 Å². The zero-order chi connectivity index (χ0) is 15.2. The van der Waals surface area contributed by atoms with Crippen LogP contribution in [0.2, 0.25) is 0 Å². The molecule has 20 heavy (non-hydrogen) atoms. The third-order valence-electron chi connectivity index (χ3n) is 3.69. The molecule has 0 saturated carbocycles. The smallest absolute Gasteiger partial charge is 0.118 e. The first-order valence-electron chi connectivity index (χ1n) is 6.98. The van der Waals surface area contributed by atoms with Crippen molar-refractivity contribution >= 4 is 0 Å². The Labute approximate surface area is 122 Å². The highest BCUT2D eigenvalue weighted by atomic mass is 16.5. The summed E-state index contributed by atoms with van der Waals surface area (Å²) < 4.78 is 5.16. The van der Waals surface area contributed by atoms with E-state index in [-0.39, 0.29) is 13.2 Å². The zero-order valence-corrected chi connectivity index (χ0v) is 13.0. The van der Waals surface area contributed by atoms with E-state index in [9.17, 15) is 10.2 Å². The van der Waals surface area contributed by atoms with Gasteiger partial charge in [0.05, 0.1) is 20.3 Å². The van der Waals surface area contributed by atoms with Crippen LogP contribution in [0, 0.1) is 5.41 Å². The average Bonchev–Trinajstić information content (AvgIpc) is 2.46. The van der Waals surface area contributed by atoms with Crippen molar-refractivity contribution in [3.8, 4) is 5.75 Å². The lowest BCUT2D eigenvalue weighted by Gasteiger charge is -2.31. The van der Waals surface area contributed by atoms with Gasteiger partial charge in [-0.1, -0.05) is 26.0 Å². The summed E-state index contributed by atoms with van der Waals surface area (Å²) >= 11 is 0. The Balaban J connectivity index is 2.58. The van der Waals surface area contributed by atoms with Crippen molar-refractivity contribution in [3.63, 3.8) is 0 Å². The fourth-order valence-corrected chi connectivity index (χ4v) is 2.37. The molecule has 0 aliphatic heterocycles. The lowest BCUT2D eigenvalue weighted by atomic mass is 9.91. The molecule has 1 unspecified atom stereocenters. The summed E-state index contributed by atoms with van der Waals surface area (Å²) in [6.45, 7) is 5.59. The van der Waals surface area contributed by atoms with Gasteiger partial charge in [-0.05, 0) is 30.7 Å². The molecule has 0 bridgehead atoms. The zero-order valence-electron chi connectivity index (χ0n) is 13.0. The minimum Gasteiger partial charge on any atom is -0.497 e. The van der Waals surface area contributed by atoms with Crippen LogP contribution in [0.25, 0.3) is 0 Å². The first-order valence-corrected chi connectivity index (χ1v) is 6.98. The summed E-state index contributed by atoms with van der Waals surface area (Å²) in [4.78, 5) is 2.15. The molecule has 1 aromatic rings. The largest absolute Gasteiger partial charge is 0.497 e. The average molecular weight is 281 g/mol. The Morgan fingerprint density at radius 3 is 2.20 bits per heavy atom. The molecular weight excluding hydrogens is 254 g/mol. The van der Waals surface area contributed by atoms with Crippen LogP contribution in [0.5, 0.6) is 5.75 Å². The SMILES string of the molecule is COc1ccc(C(C)CN(C)CC(C)(CO)CO)cc1. The number of aliphatic hydroxyl groups excluding tert-OH is 2. The number of rotatable bonds is 8. The van der Waals surface area contributed by atoms with Crippen LogP contribution in [0.3, 0.4) is 0 Å². The quantitative estimate of drug-likeness (QED) is 0.762. The number of methoxy groups -OCH3 is 1. The van der Waals surface area contributed by atoms with Gasteiger partial charge in [0.15, 0.2) is 0 Å². The number of hydrogen-bond acceptors (Lipinski definition) is 4. The Bertz CT molecular complexity index is 387. The molecule has 1 rings (SSSR count). The molecule has 4 nitrogen and oxygen atoms in total.